The monoisotopic (exact) mass is 309 g/mol. The van der Waals surface area contributed by atoms with E-state index in [1.165, 1.54) is 14.1 Å². The van der Waals surface area contributed by atoms with Crippen molar-refractivity contribution < 1.29 is 33.2 Å². The molecule has 0 saturated carbocycles. The van der Waals surface area contributed by atoms with Crippen molar-refractivity contribution in [2.75, 3.05) is 14.1 Å². The van der Waals surface area contributed by atoms with Crippen LogP contribution in [0.15, 0.2) is 30.3 Å². The Bertz CT molecular complexity index is 498. The zero-order chi connectivity index (χ0) is 14.9. The molecular weight excluding hydrogens is 292 g/mol. The maximum absolute atomic E-state index is 11.4. The molecule has 19 heavy (non-hydrogen) atoms. The Hall–Kier alpha value is -0.520. The second kappa shape index (κ2) is 5.46. The van der Waals surface area contributed by atoms with E-state index in [-0.39, 0.29) is 6.54 Å². The molecule has 3 N–H and O–H groups in total. The zero-order valence-corrected chi connectivity index (χ0v) is 12.4. The van der Waals surface area contributed by atoms with E-state index in [2.05, 4.69) is 0 Å². The highest BCUT2D eigenvalue weighted by molar-refractivity contribution is 7.69. The quantitative estimate of drug-likeness (QED) is 0.531. The maximum Gasteiger partial charge on any atom is 0.391 e. The van der Waals surface area contributed by atoms with E-state index in [0.717, 1.165) is 0 Å². The number of hydrogen-bond donors (Lipinski definition) is 3. The molecule has 108 valence electrons. The second-order valence-electron chi connectivity index (χ2n) is 4.92. The summed E-state index contributed by atoms with van der Waals surface area (Å²) in [6.07, 6.45) is 0. The minimum absolute atomic E-state index is 0.0589. The van der Waals surface area contributed by atoms with Crippen LogP contribution < -0.4 is 4.89 Å². The molecule has 0 aliphatic rings. The largest absolute Gasteiger partial charge is 0.774 e. The minimum atomic E-state index is -5.20. The van der Waals surface area contributed by atoms with Gasteiger partial charge >= 0.3 is 7.60 Å². The topological polar surface area (TPSA) is 118 Å². The van der Waals surface area contributed by atoms with Crippen molar-refractivity contribution in [2.45, 2.75) is 12.1 Å². The van der Waals surface area contributed by atoms with Crippen molar-refractivity contribution in [3.05, 3.63) is 35.9 Å². The SMILES string of the molecule is C[N+](C)(Cc1ccccc1)C(P(=O)([O-])O)P(=O)(O)O. The first-order chi connectivity index (χ1) is 8.44. The molecule has 1 aromatic carbocycles. The van der Waals surface area contributed by atoms with E-state index in [0.29, 0.717) is 5.56 Å². The molecule has 2 atom stereocenters. The Morgan fingerprint density at radius 1 is 1.16 bits per heavy atom. The lowest BCUT2D eigenvalue weighted by Crippen LogP contribution is -2.49. The summed E-state index contributed by atoms with van der Waals surface area (Å²) in [6.45, 7) is 0.0589. The van der Waals surface area contributed by atoms with Crippen molar-refractivity contribution in [2.24, 2.45) is 0 Å². The van der Waals surface area contributed by atoms with E-state index < -0.39 is 25.2 Å². The van der Waals surface area contributed by atoms with Gasteiger partial charge in [-0.15, -0.1) is 0 Å². The minimum Gasteiger partial charge on any atom is -0.774 e. The standard InChI is InChI=1S/C10H17NO6P2/c1-11(2,8-9-6-4-3-5-7-9)10(18(12,13)14)19(15,16)17/h3-7,10H,8H2,1-2H3,(H3-,12,13,14,15,16,17). The van der Waals surface area contributed by atoms with Gasteiger partial charge in [0, 0.05) is 5.56 Å². The first-order valence-electron chi connectivity index (χ1n) is 5.40. The van der Waals surface area contributed by atoms with Crippen molar-refractivity contribution in [1.82, 2.24) is 0 Å². The van der Waals surface area contributed by atoms with E-state index in [9.17, 15) is 23.8 Å². The summed E-state index contributed by atoms with van der Waals surface area (Å²) in [5.74, 6) is 0. The molecule has 0 radical (unpaired) electrons. The van der Waals surface area contributed by atoms with Crippen LogP contribution in [-0.2, 0) is 15.7 Å². The molecule has 0 aliphatic carbocycles. The number of nitrogens with zero attached hydrogens (tertiary/aromatic N) is 1. The summed E-state index contributed by atoms with van der Waals surface area (Å²) in [5.41, 5.74) is -1.47. The highest BCUT2D eigenvalue weighted by atomic mass is 31.2. The summed E-state index contributed by atoms with van der Waals surface area (Å²) in [4.78, 5) is 38.8. The van der Waals surface area contributed by atoms with Crippen molar-refractivity contribution in [3.8, 4) is 0 Å². The van der Waals surface area contributed by atoms with Crippen LogP contribution in [0.5, 0.6) is 0 Å². The lowest BCUT2D eigenvalue weighted by molar-refractivity contribution is -0.905. The highest BCUT2D eigenvalue weighted by Crippen LogP contribution is 2.60. The van der Waals surface area contributed by atoms with Crippen LogP contribution in [-0.4, -0.2) is 38.8 Å². The van der Waals surface area contributed by atoms with Crippen molar-refractivity contribution in [3.63, 3.8) is 0 Å². The van der Waals surface area contributed by atoms with E-state index in [1.54, 1.807) is 30.3 Å². The van der Waals surface area contributed by atoms with Gasteiger partial charge in [0.2, 0.25) is 7.60 Å². The fourth-order valence-corrected chi connectivity index (χ4v) is 5.42. The predicted octanol–water partition coefficient (Wildman–Crippen LogP) is 0.270. The van der Waals surface area contributed by atoms with Gasteiger partial charge in [-0.1, -0.05) is 30.3 Å². The molecular formula is C10H17NO6P2. The molecule has 0 heterocycles. The summed E-state index contributed by atoms with van der Waals surface area (Å²) in [7, 11) is -7.52. The summed E-state index contributed by atoms with van der Waals surface area (Å²) in [6, 6.07) is 8.66. The molecule has 0 bridgehead atoms. The second-order valence-corrected chi connectivity index (χ2v) is 8.61. The third-order valence-corrected chi connectivity index (χ3v) is 6.86. The maximum atomic E-state index is 11.4. The van der Waals surface area contributed by atoms with Gasteiger partial charge in [0.05, 0.1) is 14.1 Å². The zero-order valence-electron chi connectivity index (χ0n) is 10.6. The molecule has 7 nitrogen and oxygen atoms in total. The molecule has 2 unspecified atom stereocenters. The van der Waals surface area contributed by atoms with Crippen LogP contribution in [0.3, 0.4) is 0 Å². The summed E-state index contributed by atoms with van der Waals surface area (Å²) in [5, 5.41) is 0. The number of quaternary nitrogens is 1. The third-order valence-electron chi connectivity index (χ3n) is 2.65. The van der Waals surface area contributed by atoms with Crippen LogP contribution >= 0.6 is 15.2 Å². The van der Waals surface area contributed by atoms with E-state index >= 15 is 0 Å². The van der Waals surface area contributed by atoms with Crippen LogP contribution in [0, 0.1) is 0 Å². The predicted molar refractivity (Wildman–Crippen MR) is 67.9 cm³/mol. The Kier molecular flexibility index (Phi) is 4.75. The van der Waals surface area contributed by atoms with Crippen LogP contribution in [0.2, 0.25) is 0 Å². The first kappa shape index (κ1) is 16.5. The fraction of sp³-hybridized carbons (Fsp3) is 0.400. The lowest BCUT2D eigenvalue weighted by atomic mass is 10.2. The van der Waals surface area contributed by atoms with Gasteiger partial charge in [0.1, 0.15) is 6.54 Å². The van der Waals surface area contributed by atoms with E-state index in [1.807, 2.05) is 0 Å². The van der Waals surface area contributed by atoms with Crippen molar-refractivity contribution >= 4 is 15.2 Å². The average Bonchev–Trinajstić information content (AvgIpc) is 2.11. The van der Waals surface area contributed by atoms with Crippen molar-refractivity contribution in [1.29, 1.82) is 0 Å². The Morgan fingerprint density at radius 2 is 1.63 bits per heavy atom. The van der Waals surface area contributed by atoms with Gasteiger partial charge < -0.3 is 28.6 Å². The molecule has 1 rings (SSSR count). The van der Waals surface area contributed by atoms with Gasteiger partial charge in [-0.2, -0.15) is 0 Å². The Balaban J connectivity index is 3.15. The first-order valence-corrected chi connectivity index (χ1v) is 8.73. The fourth-order valence-electron chi connectivity index (χ4n) is 2.13. The number of hydrogen-bond acceptors (Lipinski definition) is 3. The molecule has 0 spiro atoms. The molecule has 1 aromatic rings. The number of benzene rings is 1. The molecule has 0 fully saturated rings. The van der Waals surface area contributed by atoms with Gasteiger partial charge in [-0.25, -0.2) is 0 Å². The van der Waals surface area contributed by atoms with E-state index in [4.69, 9.17) is 4.89 Å². The summed E-state index contributed by atoms with van der Waals surface area (Å²) >= 11 is 0. The van der Waals surface area contributed by atoms with Gasteiger partial charge in [-0.3, -0.25) is 4.57 Å². The molecule has 0 aromatic heterocycles. The Labute approximate surface area is 111 Å². The van der Waals surface area contributed by atoms with Gasteiger partial charge in [0.15, 0.2) is 0 Å². The third kappa shape index (κ3) is 4.51. The normalized spacial score (nSPS) is 17.8. The highest BCUT2D eigenvalue weighted by Gasteiger charge is 2.49. The van der Waals surface area contributed by atoms with Crippen LogP contribution in [0.25, 0.3) is 0 Å². The molecule has 0 saturated heterocycles. The molecule has 0 amide bonds. The molecule has 0 aliphatic heterocycles. The average molecular weight is 309 g/mol. The number of rotatable bonds is 5. The lowest BCUT2D eigenvalue weighted by Gasteiger charge is -2.41. The van der Waals surface area contributed by atoms with Crippen LogP contribution in [0.4, 0.5) is 0 Å². The van der Waals surface area contributed by atoms with Crippen LogP contribution in [0.1, 0.15) is 5.56 Å². The van der Waals surface area contributed by atoms with Gasteiger partial charge in [-0.05, 0) is 0 Å². The smallest absolute Gasteiger partial charge is 0.391 e. The summed E-state index contributed by atoms with van der Waals surface area (Å²) < 4.78 is 22.1. The molecule has 9 heteroatoms. The Morgan fingerprint density at radius 3 is 2.00 bits per heavy atom. The van der Waals surface area contributed by atoms with Gasteiger partial charge in [0.25, 0.3) is 5.52 Å².